The monoisotopic (exact) mass is 268 g/mol. The molecular weight excluding hydrogens is 248 g/mol. The molecule has 1 aliphatic rings. The van der Waals surface area contributed by atoms with Crippen LogP contribution in [0.15, 0.2) is 0 Å². The van der Waals surface area contributed by atoms with Gasteiger partial charge in [0.25, 0.3) is 0 Å². The molecule has 6 heteroatoms. The van der Waals surface area contributed by atoms with Gasteiger partial charge in [-0.05, 0) is 33.6 Å². The van der Waals surface area contributed by atoms with Gasteiger partial charge < -0.3 is 14.7 Å². The van der Waals surface area contributed by atoms with Crippen LogP contribution in [-0.4, -0.2) is 40.8 Å². The van der Waals surface area contributed by atoms with Crippen molar-refractivity contribution in [3.8, 4) is 6.07 Å². The van der Waals surface area contributed by atoms with Gasteiger partial charge in [-0.15, -0.1) is 0 Å². The SMILES string of the molecule is CC(C)(C)OC(=O)N1CC[C@H](C#N)[C@H](C(=O)O)CC1. The first kappa shape index (κ1) is 15.3. The van der Waals surface area contributed by atoms with Gasteiger partial charge in [0.15, 0.2) is 0 Å². The summed E-state index contributed by atoms with van der Waals surface area (Å²) in [6, 6.07) is 2.02. The third-order valence-corrected chi connectivity index (χ3v) is 3.04. The van der Waals surface area contributed by atoms with Crippen molar-refractivity contribution in [1.82, 2.24) is 4.90 Å². The topological polar surface area (TPSA) is 90.6 Å². The van der Waals surface area contributed by atoms with Gasteiger partial charge in [-0.3, -0.25) is 4.79 Å². The van der Waals surface area contributed by atoms with Crippen molar-refractivity contribution in [3.63, 3.8) is 0 Å². The third kappa shape index (κ3) is 4.43. The molecule has 0 radical (unpaired) electrons. The van der Waals surface area contributed by atoms with Crippen molar-refractivity contribution in [1.29, 1.82) is 5.26 Å². The molecule has 19 heavy (non-hydrogen) atoms. The highest BCUT2D eigenvalue weighted by Crippen LogP contribution is 2.25. The number of aliphatic carboxylic acids is 1. The van der Waals surface area contributed by atoms with E-state index in [1.54, 1.807) is 20.8 Å². The van der Waals surface area contributed by atoms with Crippen molar-refractivity contribution >= 4 is 12.1 Å². The lowest BCUT2D eigenvalue weighted by atomic mass is 9.89. The van der Waals surface area contributed by atoms with Crippen molar-refractivity contribution in [2.45, 2.75) is 39.2 Å². The Labute approximate surface area is 112 Å². The molecule has 0 spiro atoms. The average Bonchev–Trinajstić information content (AvgIpc) is 2.48. The van der Waals surface area contributed by atoms with Gasteiger partial charge in [-0.1, -0.05) is 0 Å². The molecule has 6 nitrogen and oxygen atoms in total. The van der Waals surface area contributed by atoms with Crippen molar-refractivity contribution in [2.75, 3.05) is 13.1 Å². The summed E-state index contributed by atoms with van der Waals surface area (Å²) in [5.41, 5.74) is -0.579. The minimum atomic E-state index is -0.974. The number of nitrogens with zero attached hydrogens (tertiary/aromatic N) is 2. The molecule has 1 saturated heterocycles. The summed E-state index contributed by atoms with van der Waals surface area (Å²) in [6.07, 6.45) is 0.203. The number of likely N-dealkylation sites (tertiary alicyclic amines) is 1. The van der Waals surface area contributed by atoms with Crippen LogP contribution in [0.5, 0.6) is 0 Å². The Morgan fingerprint density at radius 1 is 1.32 bits per heavy atom. The van der Waals surface area contributed by atoms with Gasteiger partial charge in [0.2, 0.25) is 0 Å². The largest absolute Gasteiger partial charge is 0.481 e. The van der Waals surface area contributed by atoms with Gasteiger partial charge in [-0.25, -0.2) is 4.79 Å². The second-order valence-corrected chi connectivity index (χ2v) is 5.73. The standard InChI is InChI=1S/C13H20N2O4/c1-13(2,3)19-12(18)15-6-4-9(8-14)10(5-7-15)11(16)17/h9-10H,4-7H2,1-3H3,(H,16,17)/t9-,10-/m1/s1. The molecule has 0 saturated carbocycles. The highest BCUT2D eigenvalue weighted by atomic mass is 16.6. The first-order chi connectivity index (χ1) is 8.74. The van der Waals surface area contributed by atoms with Gasteiger partial charge >= 0.3 is 12.1 Å². The van der Waals surface area contributed by atoms with E-state index < -0.39 is 29.5 Å². The molecule has 1 N–H and O–H groups in total. The van der Waals surface area contributed by atoms with Gasteiger partial charge in [0, 0.05) is 13.1 Å². The lowest BCUT2D eigenvalue weighted by molar-refractivity contribution is -0.143. The van der Waals surface area contributed by atoms with Crippen LogP contribution in [-0.2, 0) is 9.53 Å². The number of rotatable bonds is 1. The number of carbonyl (C=O) groups is 2. The van der Waals surface area contributed by atoms with Crippen molar-refractivity contribution in [3.05, 3.63) is 0 Å². The Balaban J connectivity index is 2.70. The Bertz CT molecular complexity index is 394. The highest BCUT2D eigenvalue weighted by molar-refractivity contribution is 5.72. The highest BCUT2D eigenvalue weighted by Gasteiger charge is 2.34. The molecule has 0 aliphatic carbocycles. The van der Waals surface area contributed by atoms with Crippen LogP contribution in [0, 0.1) is 23.2 Å². The molecule has 1 aliphatic heterocycles. The lowest BCUT2D eigenvalue weighted by Gasteiger charge is -2.26. The zero-order valence-corrected chi connectivity index (χ0v) is 11.5. The molecule has 0 unspecified atom stereocenters. The van der Waals surface area contributed by atoms with Gasteiger partial charge in [0.05, 0.1) is 17.9 Å². The van der Waals surface area contributed by atoms with E-state index in [4.69, 9.17) is 15.1 Å². The first-order valence-electron chi connectivity index (χ1n) is 6.35. The van der Waals surface area contributed by atoms with Crippen LogP contribution >= 0.6 is 0 Å². The fourth-order valence-electron chi connectivity index (χ4n) is 2.06. The summed E-state index contributed by atoms with van der Waals surface area (Å²) >= 11 is 0. The second kappa shape index (κ2) is 5.91. The molecule has 1 heterocycles. The molecule has 0 aromatic rings. The van der Waals surface area contributed by atoms with E-state index in [-0.39, 0.29) is 6.42 Å². The quantitative estimate of drug-likeness (QED) is 0.783. The van der Waals surface area contributed by atoms with Crippen LogP contribution < -0.4 is 0 Å². The minimum Gasteiger partial charge on any atom is -0.481 e. The fraction of sp³-hybridized carbons (Fsp3) is 0.769. The summed E-state index contributed by atoms with van der Waals surface area (Å²) in [5, 5.41) is 18.1. The lowest BCUT2D eigenvalue weighted by Crippen LogP contribution is -2.37. The van der Waals surface area contributed by atoms with Crippen LogP contribution in [0.4, 0.5) is 4.79 Å². The summed E-state index contributed by atoms with van der Waals surface area (Å²) in [5.74, 6) is -2.24. The molecule has 1 fully saturated rings. The average molecular weight is 268 g/mol. The zero-order valence-electron chi connectivity index (χ0n) is 11.5. The van der Waals surface area contributed by atoms with E-state index in [1.807, 2.05) is 6.07 Å². The summed E-state index contributed by atoms with van der Waals surface area (Å²) in [6.45, 7) is 6.00. The van der Waals surface area contributed by atoms with Gasteiger partial charge in [-0.2, -0.15) is 5.26 Å². The fourth-order valence-corrected chi connectivity index (χ4v) is 2.06. The molecule has 0 bridgehead atoms. The third-order valence-electron chi connectivity index (χ3n) is 3.04. The van der Waals surface area contributed by atoms with E-state index >= 15 is 0 Å². The number of carboxylic acids is 1. The smallest absolute Gasteiger partial charge is 0.410 e. The minimum absolute atomic E-state index is 0.285. The van der Waals surface area contributed by atoms with Crippen LogP contribution in [0.3, 0.4) is 0 Å². The Kier molecular flexibility index (Phi) is 4.76. The summed E-state index contributed by atoms with van der Waals surface area (Å²) < 4.78 is 5.25. The van der Waals surface area contributed by atoms with E-state index in [9.17, 15) is 9.59 Å². The number of carboxylic acid groups (broad SMARTS) is 1. The van der Waals surface area contributed by atoms with Crippen LogP contribution in [0.25, 0.3) is 0 Å². The molecule has 2 atom stereocenters. The van der Waals surface area contributed by atoms with E-state index in [1.165, 1.54) is 4.90 Å². The Hall–Kier alpha value is -1.77. The first-order valence-corrected chi connectivity index (χ1v) is 6.35. The number of nitriles is 1. The maximum Gasteiger partial charge on any atom is 0.410 e. The van der Waals surface area contributed by atoms with Gasteiger partial charge in [0.1, 0.15) is 5.60 Å². The number of carbonyl (C=O) groups excluding carboxylic acids is 1. The van der Waals surface area contributed by atoms with E-state index in [2.05, 4.69) is 0 Å². The summed E-state index contributed by atoms with van der Waals surface area (Å²) in [7, 11) is 0. The van der Waals surface area contributed by atoms with E-state index in [0.717, 1.165) is 0 Å². The normalized spacial score (nSPS) is 24.2. The molecule has 106 valence electrons. The predicted octanol–water partition coefficient (Wildman–Crippen LogP) is 1.86. The molecule has 1 amide bonds. The number of hydrogen-bond donors (Lipinski definition) is 1. The molecule has 0 aromatic heterocycles. The number of amides is 1. The molecule has 0 aromatic carbocycles. The maximum absolute atomic E-state index is 11.9. The summed E-state index contributed by atoms with van der Waals surface area (Å²) in [4.78, 5) is 24.5. The molecular formula is C13H20N2O4. The predicted molar refractivity (Wildman–Crippen MR) is 67.3 cm³/mol. The van der Waals surface area contributed by atoms with Crippen LogP contribution in [0.1, 0.15) is 33.6 Å². The second-order valence-electron chi connectivity index (χ2n) is 5.73. The maximum atomic E-state index is 11.9. The number of hydrogen-bond acceptors (Lipinski definition) is 4. The Morgan fingerprint density at radius 2 is 1.89 bits per heavy atom. The van der Waals surface area contributed by atoms with Crippen molar-refractivity contribution in [2.24, 2.45) is 11.8 Å². The van der Waals surface area contributed by atoms with Crippen molar-refractivity contribution < 1.29 is 19.4 Å². The van der Waals surface area contributed by atoms with E-state index in [0.29, 0.717) is 19.5 Å². The van der Waals surface area contributed by atoms with Crippen LogP contribution in [0.2, 0.25) is 0 Å². The number of ether oxygens (including phenoxy) is 1. The molecule has 1 rings (SSSR count). The zero-order chi connectivity index (χ0) is 14.6. The Morgan fingerprint density at radius 3 is 2.37 bits per heavy atom.